The predicted molar refractivity (Wildman–Crippen MR) is 153 cm³/mol. The van der Waals surface area contributed by atoms with Gasteiger partial charge >= 0.3 is 0 Å². The van der Waals surface area contributed by atoms with Gasteiger partial charge in [-0.1, -0.05) is 17.3 Å². The van der Waals surface area contributed by atoms with Gasteiger partial charge in [0.2, 0.25) is 0 Å². The predicted octanol–water partition coefficient (Wildman–Crippen LogP) is 7.15. The Hall–Kier alpha value is -4.60. The summed E-state index contributed by atoms with van der Waals surface area (Å²) in [6.45, 7) is 2.45. The van der Waals surface area contributed by atoms with Crippen LogP contribution in [0.5, 0.6) is 5.75 Å². The number of piperidine rings is 1. The third-order valence-corrected chi connectivity index (χ3v) is 8.60. The summed E-state index contributed by atoms with van der Waals surface area (Å²) in [5, 5.41) is 4.61. The van der Waals surface area contributed by atoms with Crippen molar-refractivity contribution in [1.82, 2.24) is 14.5 Å². The van der Waals surface area contributed by atoms with E-state index < -0.39 is 29.1 Å². The Morgan fingerprint density at radius 2 is 1.84 bits per heavy atom. The summed E-state index contributed by atoms with van der Waals surface area (Å²) in [5.41, 5.74) is 4.01. The molecule has 4 aromatic rings. The van der Waals surface area contributed by atoms with E-state index in [-0.39, 0.29) is 11.4 Å². The van der Waals surface area contributed by atoms with Gasteiger partial charge in [-0.25, -0.2) is 22.5 Å². The van der Waals surface area contributed by atoms with E-state index >= 15 is 0 Å². The number of fused-ring (bicyclic) bond motifs is 3. The van der Waals surface area contributed by atoms with Crippen LogP contribution in [0, 0.1) is 30.2 Å². The lowest BCUT2D eigenvalue weighted by Gasteiger charge is -2.49. The second-order valence-electron chi connectivity index (χ2n) is 11.2. The topological polar surface area (TPSA) is 51.9 Å². The minimum absolute atomic E-state index is 0.226. The van der Waals surface area contributed by atoms with Gasteiger partial charge in [-0.15, -0.1) is 0 Å². The van der Waals surface area contributed by atoms with Crippen molar-refractivity contribution in [3.05, 3.63) is 118 Å². The summed E-state index contributed by atoms with van der Waals surface area (Å²) in [7, 11) is 1.61. The van der Waals surface area contributed by atoms with Crippen molar-refractivity contribution in [2.75, 3.05) is 13.7 Å². The van der Waals surface area contributed by atoms with E-state index in [1.807, 2.05) is 46.9 Å². The second kappa shape index (κ2) is 10.3. The van der Waals surface area contributed by atoms with Gasteiger partial charge < -0.3 is 19.0 Å². The maximum absolute atomic E-state index is 14.7. The first-order valence-corrected chi connectivity index (χ1v) is 14.1. The molecule has 0 N–H and O–H groups in total. The van der Waals surface area contributed by atoms with E-state index in [1.165, 1.54) is 12.1 Å². The number of benzene rings is 3. The van der Waals surface area contributed by atoms with Crippen LogP contribution in [0.1, 0.15) is 53.3 Å². The third-order valence-electron chi connectivity index (χ3n) is 8.60. The number of hydrogen-bond donors (Lipinski definition) is 0. The molecule has 3 aliphatic rings. The molecule has 0 radical (unpaired) electrons. The zero-order valence-electron chi connectivity index (χ0n) is 23.6. The molecule has 10 heteroatoms. The zero-order valence-corrected chi connectivity index (χ0v) is 23.6. The Balaban J connectivity index is 1.33. The summed E-state index contributed by atoms with van der Waals surface area (Å²) < 4.78 is 65.1. The molecule has 3 aromatic carbocycles. The highest BCUT2D eigenvalue weighted by molar-refractivity contribution is 6.03. The van der Waals surface area contributed by atoms with Crippen molar-refractivity contribution < 1.29 is 27.1 Å². The van der Waals surface area contributed by atoms with E-state index in [4.69, 9.17) is 9.57 Å². The van der Waals surface area contributed by atoms with Crippen LogP contribution in [0.2, 0.25) is 0 Å². The fourth-order valence-corrected chi connectivity index (χ4v) is 6.72. The molecule has 1 spiro atoms. The highest BCUT2D eigenvalue weighted by Gasteiger charge is 2.55. The van der Waals surface area contributed by atoms with Crippen molar-refractivity contribution in [2.45, 2.75) is 44.2 Å². The monoisotopic (exact) mass is 588 g/mol. The van der Waals surface area contributed by atoms with Gasteiger partial charge in [0.1, 0.15) is 17.6 Å². The van der Waals surface area contributed by atoms with Gasteiger partial charge in [0, 0.05) is 24.7 Å². The molecule has 1 aromatic heterocycles. The van der Waals surface area contributed by atoms with Gasteiger partial charge in [0.15, 0.2) is 28.9 Å². The maximum atomic E-state index is 14.7. The third kappa shape index (κ3) is 4.47. The van der Waals surface area contributed by atoms with E-state index in [2.05, 4.69) is 10.1 Å². The lowest BCUT2D eigenvalue weighted by molar-refractivity contribution is -0.117. The van der Waals surface area contributed by atoms with Gasteiger partial charge in [0.05, 0.1) is 24.8 Å². The summed E-state index contributed by atoms with van der Waals surface area (Å²) in [6.07, 6.45) is 7.98. The van der Waals surface area contributed by atoms with E-state index in [9.17, 15) is 17.6 Å². The van der Waals surface area contributed by atoms with Crippen molar-refractivity contribution in [1.29, 1.82) is 0 Å². The first-order chi connectivity index (χ1) is 20.8. The molecule has 1 fully saturated rings. The quantitative estimate of drug-likeness (QED) is 0.188. The van der Waals surface area contributed by atoms with Crippen molar-refractivity contribution >= 4 is 11.9 Å². The smallest absolute Gasteiger partial charge is 0.194 e. The minimum atomic E-state index is -1.53. The van der Waals surface area contributed by atoms with Gasteiger partial charge in [-0.2, -0.15) is 0 Å². The Morgan fingerprint density at radius 3 is 2.58 bits per heavy atom. The van der Waals surface area contributed by atoms with Crippen LogP contribution in [-0.4, -0.2) is 33.9 Å². The van der Waals surface area contributed by atoms with Crippen LogP contribution in [0.15, 0.2) is 71.8 Å². The van der Waals surface area contributed by atoms with Crippen molar-refractivity contribution in [3.63, 3.8) is 0 Å². The van der Waals surface area contributed by atoms with Crippen LogP contribution in [-0.2, 0) is 16.9 Å². The number of aromatic nitrogens is 2. The van der Waals surface area contributed by atoms with Gasteiger partial charge in [0.25, 0.3) is 0 Å². The molecular formula is C33H28F4N4O2. The molecule has 0 amide bonds. The van der Waals surface area contributed by atoms with E-state index in [1.54, 1.807) is 19.5 Å². The number of halogens is 4. The SMILES string of the molecule is COc1cc(C=C2CCCN3C2=NOC2(CCc4cc(F)ccc42)C3c2cc(F)c(F)c(F)c2)ccc1-n1cnc(C)c1. The first-order valence-electron chi connectivity index (χ1n) is 14.1. The summed E-state index contributed by atoms with van der Waals surface area (Å²) >= 11 is 0. The molecular weight excluding hydrogens is 560 g/mol. The Bertz CT molecular complexity index is 1790. The Labute approximate surface area is 245 Å². The fraction of sp³-hybridized carbons (Fsp3) is 0.273. The first kappa shape index (κ1) is 27.2. The van der Waals surface area contributed by atoms with Crippen molar-refractivity contribution in [2.24, 2.45) is 5.16 Å². The molecule has 0 bridgehead atoms. The number of ether oxygens (including phenoxy) is 1. The number of methoxy groups -OCH3 is 1. The lowest BCUT2D eigenvalue weighted by atomic mass is 9.80. The summed E-state index contributed by atoms with van der Waals surface area (Å²) in [4.78, 5) is 12.6. The minimum Gasteiger partial charge on any atom is -0.495 e. The zero-order chi connectivity index (χ0) is 29.9. The highest BCUT2D eigenvalue weighted by atomic mass is 19.2. The maximum Gasteiger partial charge on any atom is 0.194 e. The molecule has 2 aliphatic heterocycles. The molecule has 7 rings (SSSR count). The summed E-state index contributed by atoms with van der Waals surface area (Å²) in [5.74, 6) is -3.26. The van der Waals surface area contributed by atoms with Gasteiger partial charge in [-0.05, 0) is 90.9 Å². The van der Waals surface area contributed by atoms with Crippen LogP contribution in [0.3, 0.4) is 0 Å². The number of imidazole rings is 1. The molecule has 43 heavy (non-hydrogen) atoms. The molecule has 2 atom stereocenters. The van der Waals surface area contributed by atoms with Crippen LogP contribution < -0.4 is 4.74 Å². The Kier molecular flexibility index (Phi) is 6.52. The number of amidine groups is 1. The van der Waals surface area contributed by atoms with E-state index in [0.717, 1.165) is 46.6 Å². The summed E-state index contributed by atoms with van der Waals surface area (Å²) in [6, 6.07) is 11.6. The molecule has 6 nitrogen and oxygen atoms in total. The molecule has 3 heterocycles. The normalized spacial score (nSPS) is 21.9. The second-order valence-corrected chi connectivity index (χ2v) is 11.2. The fourth-order valence-electron chi connectivity index (χ4n) is 6.72. The molecule has 2 unspecified atom stereocenters. The average Bonchev–Trinajstić information content (AvgIpc) is 3.59. The number of hydrogen-bond acceptors (Lipinski definition) is 5. The van der Waals surface area contributed by atoms with Crippen LogP contribution in [0.25, 0.3) is 11.8 Å². The van der Waals surface area contributed by atoms with Gasteiger partial charge in [-0.3, -0.25) is 0 Å². The van der Waals surface area contributed by atoms with Crippen LogP contribution in [0.4, 0.5) is 17.6 Å². The molecule has 1 aliphatic carbocycles. The Morgan fingerprint density at radius 1 is 1.02 bits per heavy atom. The number of nitrogens with zero attached hydrogens (tertiary/aromatic N) is 4. The number of oxime groups is 1. The largest absolute Gasteiger partial charge is 0.495 e. The lowest BCUT2D eigenvalue weighted by Crippen LogP contribution is -2.52. The average molecular weight is 589 g/mol. The molecule has 220 valence electrons. The van der Waals surface area contributed by atoms with Crippen molar-refractivity contribution in [3.8, 4) is 11.4 Å². The van der Waals surface area contributed by atoms with Crippen LogP contribution >= 0.6 is 0 Å². The number of rotatable bonds is 4. The standard InChI is InChI=1S/C33H28F4N4O2/c1-19-17-40(18-38-19)28-8-5-20(13-29(28)42-2)12-22-4-3-11-41-31(23-15-26(35)30(37)27(36)16-23)33(43-39-32(22)41)10-9-21-14-24(34)6-7-25(21)33/h5-8,12-18,31H,3-4,9-11H2,1-2H3. The highest BCUT2D eigenvalue weighted by Crippen LogP contribution is 2.54. The molecule has 0 saturated carbocycles. The van der Waals surface area contributed by atoms with E-state index in [0.29, 0.717) is 43.0 Å². The number of aryl methyl sites for hydroxylation is 2. The molecule has 1 saturated heterocycles.